The molecule has 0 heterocycles. The van der Waals surface area contributed by atoms with Crippen molar-refractivity contribution < 1.29 is 18.0 Å². The molecule has 0 aliphatic heterocycles. The molecule has 0 saturated heterocycles. The predicted octanol–water partition coefficient (Wildman–Crippen LogP) is 8.04. The number of nitrogens with zero attached hydrogens (tertiary/aromatic N) is 2. The number of benzene rings is 4. The van der Waals surface area contributed by atoms with Gasteiger partial charge in [0.2, 0.25) is 11.8 Å². The quantitative estimate of drug-likeness (QED) is 0.159. The number of carbonyl (C=O) groups excluding carboxylic acids is 2. The second-order valence-corrected chi connectivity index (χ2v) is 15.2. The molecule has 2 amide bonds. The summed E-state index contributed by atoms with van der Waals surface area (Å²) in [4.78, 5) is 30.4. The van der Waals surface area contributed by atoms with Crippen molar-refractivity contribution in [3.8, 4) is 0 Å². The Balaban J connectivity index is 1.58. The van der Waals surface area contributed by atoms with E-state index in [0.717, 1.165) is 46.4 Å². The lowest BCUT2D eigenvalue weighted by Crippen LogP contribution is -2.55. The van der Waals surface area contributed by atoms with E-state index < -0.39 is 28.5 Å². The summed E-state index contributed by atoms with van der Waals surface area (Å²) in [5.41, 5.74) is 1.61. The van der Waals surface area contributed by atoms with Gasteiger partial charge in [-0.05, 0) is 66.9 Å². The highest BCUT2D eigenvalue weighted by atomic mass is 79.9. The van der Waals surface area contributed by atoms with Crippen molar-refractivity contribution in [3.05, 3.63) is 129 Å². The summed E-state index contributed by atoms with van der Waals surface area (Å²) >= 11 is 16.6. The Bertz CT molecular complexity index is 1750. The molecule has 0 unspecified atom stereocenters. The van der Waals surface area contributed by atoms with Gasteiger partial charge >= 0.3 is 0 Å². The van der Waals surface area contributed by atoms with Crippen molar-refractivity contribution in [2.45, 2.75) is 62.0 Å². The number of hydrogen-bond donors (Lipinski definition) is 1. The third kappa shape index (κ3) is 8.96. The Morgan fingerprint density at radius 3 is 2.02 bits per heavy atom. The van der Waals surface area contributed by atoms with Crippen LogP contribution in [0.15, 0.2) is 112 Å². The summed E-state index contributed by atoms with van der Waals surface area (Å²) in [7, 11) is -4.19. The summed E-state index contributed by atoms with van der Waals surface area (Å²) in [6.07, 6.45) is 5.09. The first-order valence-electron chi connectivity index (χ1n) is 15.5. The molecule has 0 radical (unpaired) electrons. The van der Waals surface area contributed by atoms with Crippen molar-refractivity contribution in [1.29, 1.82) is 0 Å². The molecular weight excluding hydrogens is 721 g/mol. The molecule has 4 aromatic carbocycles. The Hall–Kier alpha value is -3.37. The molecule has 7 nitrogen and oxygen atoms in total. The molecule has 0 bridgehead atoms. The Morgan fingerprint density at radius 1 is 0.809 bits per heavy atom. The van der Waals surface area contributed by atoms with Gasteiger partial charge < -0.3 is 10.2 Å². The zero-order chi connectivity index (χ0) is 33.4. The van der Waals surface area contributed by atoms with E-state index in [1.807, 2.05) is 30.3 Å². The van der Waals surface area contributed by atoms with Crippen LogP contribution in [-0.4, -0.2) is 43.8 Å². The number of rotatable bonds is 12. The molecule has 47 heavy (non-hydrogen) atoms. The summed E-state index contributed by atoms with van der Waals surface area (Å²) in [5.74, 6) is -0.887. The van der Waals surface area contributed by atoms with Crippen molar-refractivity contribution in [3.63, 3.8) is 0 Å². The molecule has 0 aromatic heterocycles. The molecule has 1 N–H and O–H groups in total. The van der Waals surface area contributed by atoms with Crippen LogP contribution in [0.4, 0.5) is 5.69 Å². The first-order chi connectivity index (χ1) is 22.6. The Kier molecular flexibility index (Phi) is 12.0. The van der Waals surface area contributed by atoms with Crippen LogP contribution in [0.2, 0.25) is 10.0 Å². The summed E-state index contributed by atoms with van der Waals surface area (Å²) in [6.45, 7) is -0.671. The molecule has 1 fully saturated rings. The first kappa shape index (κ1) is 35.0. The molecule has 5 rings (SSSR count). The van der Waals surface area contributed by atoms with Crippen LogP contribution in [0.3, 0.4) is 0 Å². The Morgan fingerprint density at radius 2 is 1.40 bits per heavy atom. The third-order valence-corrected chi connectivity index (χ3v) is 11.4. The number of sulfonamides is 1. The van der Waals surface area contributed by atoms with Gasteiger partial charge in [-0.25, -0.2) is 8.42 Å². The zero-order valence-corrected chi connectivity index (χ0v) is 29.6. The van der Waals surface area contributed by atoms with Crippen LogP contribution in [0.5, 0.6) is 0 Å². The smallest absolute Gasteiger partial charge is 0.264 e. The fourth-order valence-electron chi connectivity index (χ4n) is 5.81. The largest absolute Gasteiger partial charge is 0.352 e. The highest BCUT2D eigenvalue weighted by molar-refractivity contribution is 9.10. The maximum atomic E-state index is 14.7. The van der Waals surface area contributed by atoms with E-state index in [0.29, 0.717) is 21.3 Å². The fraction of sp³-hybridized carbons (Fsp3) is 0.278. The van der Waals surface area contributed by atoms with Gasteiger partial charge in [-0.15, -0.1) is 0 Å². The van der Waals surface area contributed by atoms with Gasteiger partial charge in [-0.2, -0.15) is 0 Å². The lowest BCUT2D eigenvalue weighted by atomic mass is 9.94. The average molecular weight is 758 g/mol. The minimum Gasteiger partial charge on any atom is -0.352 e. The SMILES string of the molecule is O=C(NC1CCCCC1)[C@H](Cc1ccccc1)N(Cc1c(Cl)cccc1Cl)C(=O)CN(c1ccc(Br)cc1)S(=O)(=O)c1ccccc1. The second kappa shape index (κ2) is 16.2. The molecule has 1 aliphatic rings. The van der Waals surface area contributed by atoms with E-state index in [2.05, 4.69) is 21.2 Å². The molecule has 4 aromatic rings. The van der Waals surface area contributed by atoms with Crippen molar-refractivity contribution in [2.75, 3.05) is 10.8 Å². The van der Waals surface area contributed by atoms with Gasteiger partial charge in [0.05, 0.1) is 10.6 Å². The summed E-state index contributed by atoms with van der Waals surface area (Å²) in [6, 6.07) is 28.2. The van der Waals surface area contributed by atoms with E-state index >= 15 is 0 Å². The molecule has 1 atom stereocenters. The standard InChI is InChI=1S/C36H36BrCl2N3O4S/c37-27-19-21-29(22-20-27)42(47(45,46)30-15-8-3-9-16-30)25-35(43)41(24-31-32(38)17-10-18-33(31)39)34(23-26-11-4-1-5-12-26)36(44)40-28-13-6-2-7-14-28/h1,3-5,8-12,15-22,28,34H,2,6-7,13-14,23-25H2,(H,40,44)/t34-/m0/s1. The minimum absolute atomic E-state index is 0.00639. The predicted molar refractivity (Wildman–Crippen MR) is 191 cm³/mol. The van der Waals surface area contributed by atoms with Crippen LogP contribution in [0.25, 0.3) is 0 Å². The normalized spacial score (nSPS) is 14.3. The fourth-order valence-corrected chi connectivity index (χ4v) is 8.02. The summed E-state index contributed by atoms with van der Waals surface area (Å²) in [5, 5.41) is 3.87. The number of anilines is 1. The lowest BCUT2D eigenvalue weighted by molar-refractivity contribution is -0.140. The minimum atomic E-state index is -4.19. The van der Waals surface area contributed by atoms with E-state index in [4.69, 9.17) is 23.2 Å². The first-order valence-corrected chi connectivity index (χ1v) is 18.5. The number of amides is 2. The lowest BCUT2D eigenvalue weighted by Gasteiger charge is -2.35. The van der Waals surface area contributed by atoms with Gasteiger partial charge in [-0.1, -0.05) is 113 Å². The molecular formula is C36H36BrCl2N3O4S. The molecule has 11 heteroatoms. The van der Waals surface area contributed by atoms with E-state index in [1.54, 1.807) is 60.7 Å². The molecule has 1 aliphatic carbocycles. The second-order valence-electron chi connectivity index (χ2n) is 11.6. The van der Waals surface area contributed by atoms with Crippen LogP contribution in [0.1, 0.15) is 43.2 Å². The highest BCUT2D eigenvalue weighted by Crippen LogP contribution is 2.30. The van der Waals surface area contributed by atoms with Gasteiger partial charge in [0.15, 0.2) is 0 Å². The van der Waals surface area contributed by atoms with E-state index in [9.17, 15) is 18.0 Å². The van der Waals surface area contributed by atoms with E-state index in [1.165, 1.54) is 17.0 Å². The maximum Gasteiger partial charge on any atom is 0.264 e. The van der Waals surface area contributed by atoms with E-state index in [-0.39, 0.29) is 29.8 Å². The Labute approximate surface area is 295 Å². The van der Waals surface area contributed by atoms with Crippen molar-refractivity contribution >= 4 is 66.7 Å². The maximum absolute atomic E-state index is 14.7. The number of carbonyl (C=O) groups is 2. The van der Waals surface area contributed by atoms with Gasteiger partial charge in [0.25, 0.3) is 10.0 Å². The monoisotopic (exact) mass is 755 g/mol. The van der Waals surface area contributed by atoms with Gasteiger partial charge in [0.1, 0.15) is 12.6 Å². The summed E-state index contributed by atoms with van der Waals surface area (Å²) < 4.78 is 30.1. The van der Waals surface area contributed by atoms with Crippen LogP contribution >= 0.6 is 39.1 Å². The number of nitrogens with one attached hydrogen (secondary N) is 1. The average Bonchev–Trinajstić information content (AvgIpc) is 3.08. The van der Waals surface area contributed by atoms with Crippen LogP contribution < -0.4 is 9.62 Å². The molecule has 1 saturated carbocycles. The van der Waals surface area contributed by atoms with Crippen LogP contribution in [-0.2, 0) is 32.6 Å². The van der Waals surface area contributed by atoms with Crippen molar-refractivity contribution in [2.24, 2.45) is 0 Å². The van der Waals surface area contributed by atoms with Crippen molar-refractivity contribution in [1.82, 2.24) is 10.2 Å². The number of hydrogen-bond acceptors (Lipinski definition) is 4. The zero-order valence-electron chi connectivity index (χ0n) is 25.7. The molecule has 0 spiro atoms. The third-order valence-electron chi connectivity index (χ3n) is 8.34. The number of halogens is 3. The highest BCUT2D eigenvalue weighted by Gasteiger charge is 2.36. The topological polar surface area (TPSA) is 86.8 Å². The molecule has 246 valence electrons. The van der Waals surface area contributed by atoms with Gasteiger partial charge in [-0.3, -0.25) is 13.9 Å². The van der Waals surface area contributed by atoms with Gasteiger partial charge in [0, 0.05) is 39.1 Å². The van der Waals surface area contributed by atoms with Crippen LogP contribution in [0, 0.1) is 0 Å².